The SMILES string of the molecule is COC(=O)[C@@]1(Cc2ccccc2)N=C(c2ccc(OCCCOC(=O)NCCOCCOCC(=O)OCCCOc3ccc(C4=N[C@@](C=O)(Cc5ccccc5)[C@H](c5ccccc5)O4)cc3)cc2)O[C@H]1c1ccccc1CN=[N+]=[N-]. The lowest BCUT2D eigenvalue weighted by Crippen LogP contribution is -2.44. The number of esters is 2. The third-order valence-corrected chi connectivity index (χ3v) is 13.0. The van der Waals surface area contributed by atoms with Gasteiger partial charge in [-0.3, -0.25) is 0 Å². The standard InChI is InChI=1S/C61H62N6O13/c1-72-58(70)61(40-45-17-7-3-8-18-45)55(52-22-12-11-21-49(52)41-64-67-62)80-57(66-61)48-25-29-51(30-26-48)76-33-14-35-78-59(71)63-31-36-73-37-38-74-42-53(69)77-34-13-32-75-50-27-23-47(24-28-50)56-65-60(43-68,39-44-15-5-2-6-16-44)54(79-56)46-19-9-4-10-20-46/h2-12,15-30,43,54-55H,13-14,31-42H2,1H3,(H,63,71)/t54-,55-,60+,61-/m0/s1. The van der Waals surface area contributed by atoms with Gasteiger partial charge in [0, 0.05) is 48.3 Å². The van der Waals surface area contributed by atoms with Crippen molar-refractivity contribution in [3.05, 3.63) is 213 Å². The van der Waals surface area contributed by atoms with E-state index in [-0.39, 0.29) is 71.7 Å². The molecule has 6 aromatic carbocycles. The first-order valence-electron chi connectivity index (χ1n) is 26.2. The number of azide groups is 1. The van der Waals surface area contributed by atoms with Gasteiger partial charge in [-0.05, 0) is 81.9 Å². The van der Waals surface area contributed by atoms with E-state index in [1.807, 2.05) is 127 Å². The first kappa shape index (κ1) is 57.2. The zero-order chi connectivity index (χ0) is 55.8. The molecule has 2 heterocycles. The number of carbonyl (C=O) groups is 4. The van der Waals surface area contributed by atoms with Crippen molar-refractivity contribution in [3.8, 4) is 11.5 Å². The lowest BCUT2D eigenvalue weighted by atomic mass is 9.81. The Morgan fingerprint density at radius 3 is 1.82 bits per heavy atom. The van der Waals surface area contributed by atoms with Crippen LogP contribution in [-0.4, -0.2) is 114 Å². The third kappa shape index (κ3) is 15.4. The van der Waals surface area contributed by atoms with Crippen molar-refractivity contribution in [2.75, 3.05) is 66.5 Å². The van der Waals surface area contributed by atoms with E-state index in [2.05, 4.69) is 15.3 Å². The summed E-state index contributed by atoms with van der Waals surface area (Å²) < 4.78 is 51.4. The molecule has 2 aliphatic rings. The fraction of sp³-hybridized carbons (Fsp3) is 0.311. The van der Waals surface area contributed by atoms with Gasteiger partial charge in [-0.1, -0.05) is 120 Å². The Bertz CT molecular complexity index is 3090. The van der Waals surface area contributed by atoms with E-state index in [1.54, 1.807) is 36.4 Å². The molecule has 0 spiro atoms. The Hall–Kier alpha value is -9.03. The first-order chi connectivity index (χ1) is 39.2. The van der Waals surface area contributed by atoms with Crippen LogP contribution in [0.3, 0.4) is 0 Å². The van der Waals surface area contributed by atoms with Crippen molar-refractivity contribution in [1.82, 2.24) is 5.32 Å². The number of hydrogen-bond donors (Lipinski definition) is 1. The Kier molecular flexibility index (Phi) is 20.8. The van der Waals surface area contributed by atoms with Crippen LogP contribution >= 0.6 is 0 Å². The van der Waals surface area contributed by atoms with Gasteiger partial charge in [-0.2, -0.15) is 0 Å². The monoisotopic (exact) mass is 1090 g/mol. The van der Waals surface area contributed by atoms with E-state index in [0.29, 0.717) is 65.5 Å². The summed E-state index contributed by atoms with van der Waals surface area (Å²) in [5.41, 5.74) is 11.8. The van der Waals surface area contributed by atoms with Gasteiger partial charge in [0.2, 0.25) is 17.3 Å². The maximum absolute atomic E-state index is 13.8. The van der Waals surface area contributed by atoms with Gasteiger partial charge in [0.15, 0.2) is 24.0 Å². The van der Waals surface area contributed by atoms with Crippen molar-refractivity contribution in [2.45, 2.75) is 55.5 Å². The quantitative estimate of drug-likeness (QED) is 0.00842. The molecule has 4 atom stereocenters. The van der Waals surface area contributed by atoms with Gasteiger partial charge in [-0.25, -0.2) is 24.4 Å². The maximum Gasteiger partial charge on any atom is 0.407 e. The summed E-state index contributed by atoms with van der Waals surface area (Å²) in [5.74, 6) is 0.706. The fourth-order valence-corrected chi connectivity index (χ4v) is 9.13. The second-order valence-electron chi connectivity index (χ2n) is 18.6. The molecule has 8 rings (SSSR count). The molecule has 2 aliphatic heterocycles. The van der Waals surface area contributed by atoms with Gasteiger partial charge in [-0.15, -0.1) is 0 Å². The molecule has 6 aromatic rings. The number of amides is 1. The molecule has 0 saturated carbocycles. The van der Waals surface area contributed by atoms with Crippen LogP contribution in [0, 0.1) is 0 Å². The zero-order valence-electron chi connectivity index (χ0n) is 44.3. The van der Waals surface area contributed by atoms with Crippen molar-refractivity contribution in [2.24, 2.45) is 15.1 Å². The minimum Gasteiger partial charge on any atom is -0.493 e. The van der Waals surface area contributed by atoms with E-state index in [0.717, 1.165) is 23.0 Å². The van der Waals surface area contributed by atoms with Crippen LogP contribution in [0.2, 0.25) is 0 Å². The topological polar surface area (TPSA) is 237 Å². The number of nitrogens with one attached hydrogen (secondary N) is 1. The first-order valence-corrected chi connectivity index (χ1v) is 26.2. The molecule has 1 N–H and O–H groups in total. The van der Waals surface area contributed by atoms with Crippen molar-refractivity contribution in [3.63, 3.8) is 0 Å². The molecule has 19 heteroatoms. The van der Waals surface area contributed by atoms with Crippen molar-refractivity contribution < 1.29 is 61.8 Å². The largest absolute Gasteiger partial charge is 0.493 e. The van der Waals surface area contributed by atoms with Gasteiger partial charge < -0.3 is 52.7 Å². The third-order valence-electron chi connectivity index (χ3n) is 13.0. The fourth-order valence-electron chi connectivity index (χ4n) is 9.13. The van der Waals surface area contributed by atoms with E-state index < -0.39 is 41.3 Å². The molecule has 0 unspecified atom stereocenters. The lowest BCUT2D eigenvalue weighted by Gasteiger charge is -2.30. The van der Waals surface area contributed by atoms with Crippen molar-refractivity contribution in [1.29, 1.82) is 0 Å². The van der Waals surface area contributed by atoms with E-state index in [4.69, 9.17) is 58.1 Å². The Labute approximate surface area is 463 Å². The summed E-state index contributed by atoms with van der Waals surface area (Å²) in [6, 6.07) is 50.5. The molecule has 0 aliphatic carbocycles. The van der Waals surface area contributed by atoms with Crippen LogP contribution in [0.1, 0.15) is 64.0 Å². The van der Waals surface area contributed by atoms with Gasteiger partial charge in [0.05, 0.1) is 59.9 Å². The lowest BCUT2D eigenvalue weighted by molar-refractivity contribution is -0.150. The molecular formula is C61H62N6O13. The number of carbonyl (C=O) groups excluding carboxylic acids is 4. The van der Waals surface area contributed by atoms with Gasteiger partial charge in [0.25, 0.3) is 0 Å². The minimum absolute atomic E-state index is 0.0551. The average Bonchev–Trinajstić information content (AvgIpc) is 4.10. The normalized spacial score (nSPS) is 18.0. The number of aldehydes is 1. The second kappa shape index (κ2) is 29.1. The number of methoxy groups -OCH3 is 1. The summed E-state index contributed by atoms with van der Waals surface area (Å²) in [6.07, 6.45) is 0.262. The molecule has 19 nitrogen and oxygen atoms in total. The van der Waals surface area contributed by atoms with Crippen LogP contribution in [0.15, 0.2) is 179 Å². The number of benzene rings is 6. The number of alkyl carbamates (subject to hydrolysis) is 1. The van der Waals surface area contributed by atoms with Crippen molar-refractivity contribution >= 4 is 36.1 Å². The van der Waals surface area contributed by atoms with Gasteiger partial charge >= 0.3 is 18.0 Å². The highest BCUT2D eigenvalue weighted by atomic mass is 16.6. The number of rotatable bonds is 30. The molecule has 0 fully saturated rings. The van der Waals surface area contributed by atoms with Crippen LogP contribution in [-0.2, 0) is 66.9 Å². The molecule has 1 amide bonds. The maximum atomic E-state index is 13.8. The number of hydrogen-bond acceptors (Lipinski definition) is 16. The molecule has 0 aromatic heterocycles. The van der Waals surface area contributed by atoms with Gasteiger partial charge in [0.1, 0.15) is 18.1 Å². The molecule has 80 heavy (non-hydrogen) atoms. The number of ether oxygens (including phenoxy) is 9. The zero-order valence-corrected chi connectivity index (χ0v) is 44.3. The summed E-state index contributed by atoms with van der Waals surface area (Å²) in [7, 11) is 1.32. The van der Waals surface area contributed by atoms with E-state index >= 15 is 0 Å². The highest BCUT2D eigenvalue weighted by Gasteiger charge is 2.55. The second-order valence-corrected chi connectivity index (χ2v) is 18.6. The molecule has 0 bridgehead atoms. The summed E-state index contributed by atoms with van der Waals surface area (Å²) >= 11 is 0. The molecule has 0 radical (unpaired) electrons. The van der Waals surface area contributed by atoms with Crippen LogP contribution in [0.25, 0.3) is 10.4 Å². The van der Waals surface area contributed by atoms with E-state index in [9.17, 15) is 19.2 Å². The Morgan fingerprint density at radius 2 is 1.20 bits per heavy atom. The molecule has 414 valence electrons. The number of nitrogens with zero attached hydrogens (tertiary/aromatic N) is 5. The summed E-state index contributed by atoms with van der Waals surface area (Å²) in [4.78, 5) is 63.7. The highest BCUT2D eigenvalue weighted by molar-refractivity contribution is 6.00. The average molecular weight is 1090 g/mol. The molecule has 0 saturated heterocycles. The smallest absolute Gasteiger partial charge is 0.407 e. The minimum atomic E-state index is -1.49. The predicted molar refractivity (Wildman–Crippen MR) is 295 cm³/mol. The number of aliphatic imine (C=N–C) groups is 2. The van der Waals surface area contributed by atoms with Crippen LogP contribution in [0.4, 0.5) is 4.79 Å². The predicted octanol–water partition coefficient (Wildman–Crippen LogP) is 9.41. The van der Waals surface area contributed by atoms with E-state index in [1.165, 1.54) is 7.11 Å². The highest BCUT2D eigenvalue weighted by Crippen LogP contribution is 2.45. The molecular weight excluding hydrogens is 1020 g/mol. The Balaban J connectivity index is 0.667. The Morgan fingerprint density at radius 1 is 0.637 bits per heavy atom. The van der Waals surface area contributed by atoms with Crippen LogP contribution in [0.5, 0.6) is 11.5 Å². The van der Waals surface area contributed by atoms with Crippen LogP contribution < -0.4 is 14.8 Å². The summed E-state index contributed by atoms with van der Waals surface area (Å²) in [6.45, 7) is 1.42. The summed E-state index contributed by atoms with van der Waals surface area (Å²) in [5, 5.41) is 6.39.